The van der Waals surface area contributed by atoms with E-state index in [1.54, 1.807) is 14.2 Å². The minimum absolute atomic E-state index is 0.0296. The number of piperidine rings is 1. The number of para-hydroxylation sites is 1. The Bertz CT molecular complexity index is 536. The zero-order valence-corrected chi connectivity index (χ0v) is 14.7. The highest BCUT2D eigenvalue weighted by Crippen LogP contribution is 2.32. The Balaban J connectivity index is 2.04. The molecule has 0 spiro atoms. The van der Waals surface area contributed by atoms with Gasteiger partial charge in [0.2, 0.25) is 5.91 Å². The first kappa shape index (κ1) is 18.5. The van der Waals surface area contributed by atoms with Crippen LogP contribution in [0.15, 0.2) is 18.2 Å². The van der Waals surface area contributed by atoms with Crippen molar-refractivity contribution in [3.8, 4) is 11.5 Å². The molecule has 1 unspecified atom stereocenters. The summed E-state index contributed by atoms with van der Waals surface area (Å²) in [7, 11) is 3.32. The first-order valence-corrected chi connectivity index (χ1v) is 8.60. The summed E-state index contributed by atoms with van der Waals surface area (Å²) >= 11 is 0. The van der Waals surface area contributed by atoms with Crippen molar-refractivity contribution in [3.05, 3.63) is 23.8 Å². The molecule has 6 heteroatoms. The lowest BCUT2D eigenvalue weighted by atomic mass is 10.0. The molecular weight excluding hydrogens is 306 g/mol. The first-order chi connectivity index (χ1) is 11.7. The Labute approximate surface area is 144 Å². The van der Waals surface area contributed by atoms with Crippen LogP contribution in [0, 0.1) is 0 Å². The number of nitrogens with two attached hydrogens (primary N) is 1. The van der Waals surface area contributed by atoms with Crippen LogP contribution in [-0.2, 0) is 11.3 Å². The maximum atomic E-state index is 11.7. The van der Waals surface area contributed by atoms with Crippen molar-refractivity contribution in [3.63, 3.8) is 0 Å². The fourth-order valence-corrected chi connectivity index (χ4v) is 3.25. The molecule has 0 aliphatic carbocycles. The van der Waals surface area contributed by atoms with Gasteiger partial charge in [-0.3, -0.25) is 9.69 Å². The molecule has 1 aliphatic heterocycles. The van der Waals surface area contributed by atoms with E-state index in [0.29, 0.717) is 25.6 Å². The minimum Gasteiger partial charge on any atom is -0.493 e. The molecule has 1 amide bonds. The molecule has 2 rings (SSSR count). The molecule has 0 radical (unpaired) electrons. The lowest BCUT2D eigenvalue weighted by Gasteiger charge is -2.36. The number of carbonyl (C=O) groups is 1. The lowest BCUT2D eigenvalue weighted by Crippen LogP contribution is -2.46. The molecule has 0 saturated carbocycles. The second-order valence-corrected chi connectivity index (χ2v) is 6.12. The van der Waals surface area contributed by atoms with Gasteiger partial charge in [0, 0.05) is 37.7 Å². The number of carbonyl (C=O) groups excluding carboxylic acids is 1. The van der Waals surface area contributed by atoms with E-state index < -0.39 is 0 Å². The standard InChI is InChI=1S/C18H29N3O3/c1-23-16-8-5-6-14(18(16)24-2)13-21-11-4-3-7-15(21)12-20-17(22)9-10-19/h5-6,8,15H,3-4,7,9-13,19H2,1-2H3,(H,20,22). The number of nitrogens with one attached hydrogen (secondary N) is 1. The Hall–Kier alpha value is -1.79. The number of likely N-dealkylation sites (tertiary alicyclic amines) is 1. The molecule has 1 atom stereocenters. The number of ether oxygens (including phenoxy) is 2. The number of amides is 1. The van der Waals surface area contributed by atoms with Gasteiger partial charge in [-0.15, -0.1) is 0 Å². The van der Waals surface area contributed by atoms with Crippen molar-refractivity contribution in [1.82, 2.24) is 10.2 Å². The molecule has 134 valence electrons. The molecule has 1 aromatic carbocycles. The molecule has 0 bridgehead atoms. The molecule has 1 fully saturated rings. The predicted octanol–water partition coefficient (Wildman–Crippen LogP) is 1.52. The van der Waals surface area contributed by atoms with Gasteiger partial charge >= 0.3 is 0 Å². The molecule has 1 aliphatic rings. The van der Waals surface area contributed by atoms with Gasteiger partial charge in [0.05, 0.1) is 14.2 Å². The predicted molar refractivity (Wildman–Crippen MR) is 94.3 cm³/mol. The van der Waals surface area contributed by atoms with Crippen LogP contribution in [0.4, 0.5) is 0 Å². The van der Waals surface area contributed by atoms with Gasteiger partial charge < -0.3 is 20.5 Å². The van der Waals surface area contributed by atoms with Crippen LogP contribution in [0.3, 0.4) is 0 Å². The maximum Gasteiger partial charge on any atom is 0.221 e. The molecule has 1 aromatic rings. The second kappa shape index (κ2) is 9.49. The van der Waals surface area contributed by atoms with Gasteiger partial charge in [-0.05, 0) is 25.5 Å². The fourth-order valence-electron chi connectivity index (χ4n) is 3.25. The third-order valence-corrected chi connectivity index (χ3v) is 4.51. The van der Waals surface area contributed by atoms with Gasteiger partial charge in [-0.2, -0.15) is 0 Å². The van der Waals surface area contributed by atoms with E-state index in [1.165, 1.54) is 12.8 Å². The minimum atomic E-state index is 0.0296. The van der Waals surface area contributed by atoms with Crippen LogP contribution in [0.5, 0.6) is 11.5 Å². The number of methoxy groups -OCH3 is 2. The van der Waals surface area contributed by atoms with Gasteiger partial charge in [0.25, 0.3) is 0 Å². The number of rotatable bonds is 8. The first-order valence-electron chi connectivity index (χ1n) is 8.60. The molecule has 6 nitrogen and oxygen atoms in total. The summed E-state index contributed by atoms with van der Waals surface area (Å²) in [6.45, 7) is 2.88. The quantitative estimate of drug-likeness (QED) is 0.753. The normalized spacial score (nSPS) is 18.2. The van der Waals surface area contributed by atoms with Crippen molar-refractivity contribution < 1.29 is 14.3 Å². The number of nitrogens with zero attached hydrogens (tertiary/aromatic N) is 1. The van der Waals surface area contributed by atoms with Gasteiger partial charge in [-0.1, -0.05) is 18.6 Å². The van der Waals surface area contributed by atoms with Gasteiger partial charge in [0.1, 0.15) is 0 Å². The monoisotopic (exact) mass is 335 g/mol. The number of hydrogen-bond donors (Lipinski definition) is 2. The Morgan fingerprint density at radius 3 is 2.88 bits per heavy atom. The fraction of sp³-hybridized carbons (Fsp3) is 0.611. The summed E-state index contributed by atoms with van der Waals surface area (Å²) in [6.07, 6.45) is 3.86. The van der Waals surface area contributed by atoms with Crippen molar-refractivity contribution in [2.24, 2.45) is 5.73 Å². The Morgan fingerprint density at radius 2 is 2.17 bits per heavy atom. The summed E-state index contributed by atoms with van der Waals surface area (Å²) in [5.41, 5.74) is 6.54. The van der Waals surface area contributed by atoms with E-state index in [2.05, 4.69) is 16.3 Å². The number of hydrogen-bond acceptors (Lipinski definition) is 5. The highest BCUT2D eigenvalue weighted by atomic mass is 16.5. The summed E-state index contributed by atoms with van der Waals surface area (Å²) in [5.74, 6) is 1.57. The number of benzene rings is 1. The van der Waals surface area contributed by atoms with E-state index in [4.69, 9.17) is 15.2 Å². The van der Waals surface area contributed by atoms with Crippen LogP contribution in [0.1, 0.15) is 31.2 Å². The van der Waals surface area contributed by atoms with Crippen LogP contribution in [0.2, 0.25) is 0 Å². The average molecular weight is 335 g/mol. The van der Waals surface area contributed by atoms with Gasteiger partial charge in [-0.25, -0.2) is 0 Å². The van der Waals surface area contributed by atoms with E-state index in [0.717, 1.165) is 36.6 Å². The third kappa shape index (κ3) is 4.85. The van der Waals surface area contributed by atoms with E-state index in [1.807, 2.05) is 12.1 Å². The second-order valence-electron chi connectivity index (χ2n) is 6.12. The van der Waals surface area contributed by atoms with E-state index in [-0.39, 0.29) is 5.91 Å². The zero-order valence-electron chi connectivity index (χ0n) is 14.7. The van der Waals surface area contributed by atoms with Crippen LogP contribution in [-0.4, -0.2) is 50.7 Å². The SMILES string of the molecule is COc1cccc(CN2CCCCC2CNC(=O)CCN)c1OC. The summed E-state index contributed by atoms with van der Waals surface area (Å²) in [6, 6.07) is 6.30. The maximum absolute atomic E-state index is 11.7. The van der Waals surface area contributed by atoms with Crippen molar-refractivity contribution >= 4 is 5.91 Å². The van der Waals surface area contributed by atoms with E-state index in [9.17, 15) is 4.79 Å². The highest BCUT2D eigenvalue weighted by Gasteiger charge is 2.24. The van der Waals surface area contributed by atoms with Gasteiger partial charge in [0.15, 0.2) is 11.5 Å². The van der Waals surface area contributed by atoms with Crippen molar-refractivity contribution in [1.29, 1.82) is 0 Å². The third-order valence-electron chi connectivity index (χ3n) is 4.51. The van der Waals surface area contributed by atoms with Crippen molar-refractivity contribution in [2.75, 3.05) is 33.9 Å². The van der Waals surface area contributed by atoms with Crippen LogP contribution in [0.25, 0.3) is 0 Å². The van der Waals surface area contributed by atoms with Crippen molar-refractivity contribution in [2.45, 2.75) is 38.3 Å². The molecule has 3 N–H and O–H groups in total. The topological polar surface area (TPSA) is 76.8 Å². The highest BCUT2D eigenvalue weighted by molar-refractivity contribution is 5.76. The Kier molecular flexibility index (Phi) is 7.34. The Morgan fingerprint density at radius 1 is 1.33 bits per heavy atom. The van der Waals surface area contributed by atoms with E-state index >= 15 is 0 Å². The lowest BCUT2D eigenvalue weighted by molar-refractivity contribution is -0.121. The zero-order chi connectivity index (χ0) is 17.4. The smallest absolute Gasteiger partial charge is 0.221 e. The summed E-state index contributed by atoms with van der Waals surface area (Å²) < 4.78 is 10.9. The molecule has 0 aromatic heterocycles. The molecular formula is C18H29N3O3. The largest absolute Gasteiger partial charge is 0.493 e. The molecule has 1 heterocycles. The van der Waals surface area contributed by atoms with Crippen LogP contribution < -0.4 is 20.5 Å². The average Bonchev–Trinajstić information content (AvgIpc) is 2.61. The summed E-state index contributed by atoms with van der Waals surface area (Å²) in [5, 5.41) is 3.00. The summed E-state index contributed by atoms with van der Waals surface area (Å²) in [4.78, 5) is 14.1. The molecule has 1 saturated heterocycles. The van der Waals surface area contributed by atoms with Crippen LogP contribution >= 0.6 is 0 Å². The molecule has 24 heavy (non-hydrogen) atoms.